The highest BCUT2D eigenvalue weighted by Crippen LogP contribution is 2.53. The summed E-state index contributed by atoms with van der Waals surface area (Å²) in [6, 6.07) is 0. The van der Waals surface area contributed by atoms with Crippen LogP contribution in [-0.2, 0) is 9.09 Å². The molecule has 0 fully saturated rings. The van der Waals surface area contributed by atoms with Gasteiger partial charge >= 0.3 is 7.68 Å². The van der Waals surface area contributed by atoms with Gasteiger partial charge in [-0.2, -0.15) is 4.20 Å². The van der Waals surface area contributed by atoms with Gasteiger partial charge in [-0.15, -0.1) is 0 Å². The van der Waals surface area contributed by atoms with Gasteiger partial charge in [-0.05, 0) is 6.42 Å². The molecule has 1 unspecified atom stereocenters. The van der Waals surface area contributed by atoms with Gasteiger partial charge in [-0.1, -0.05) is 40.0 Å². The second-order valence-corrected chi connectivity index (χ2v) is 5.84. The van der Waals surface area contributed by atoms with Crippen LogP contribution >= 0.6 is 7.68 Å². The van der Waals surface area contributed by atoms with E-state index >= 15 is 0 Å². The molecule has 0 aliphatic carbocycles. The Balaban J connectivity index is 3.47. The second kappa shape index (κ2) is 6.56. The Labute approximate surface area is 80.4 Å². The summed E-state index contributed by atoms with van der Waals surface area (Å²) in [6.07, 6.45) is 4.09. The number of unbranched alkanes of at least 4 members (excludes halogenated alkanes) is 3. The zero-order valence-electron chi connectivity index (χ0n) is 8.75. The van der Waals surface area contributed by atoms with Gasteiger partial charge in [-0.3, -0.25) is 4.57 Å². The standard InChI is InChI=1S/C9H20FO2P/c1-4-5-6-7-8-12-13(10,11)9(2)3/h9H,4-8H2,1-3H3. The van der Waals surface area contributed by atoms with E-state index in [4.69, 9.17) is 4.52 Å². The van der Waals surface area contributed by atoms with E-state index < -0.39 is 13.3 Å². The maximum absolute atomic E-state index is 13.1. The lowest BCUT2D eigenvalue weighted by Gasteiger charge is -2.12. The molecule has 4 heteroatoms. The van der Waals surface area contributed by atoms with Crippen LogP contribution < -0.4 is 0 Å². The minimum atomic E-state index is -3.81. The maximum Gasteiger partial charge on any atom is 0.369 e. The van der Waals surface area contributed by atoms with E-state index in [-0.39, 0.29) is 6.61 Å². The van der Waals surface area contributed by atoms with Gasteiger partial charge < -0.3 is 4.52 Å². The lowest BCUT2D eigenvalue weighted by Crippen LogP contribution is -1.99. The predicted octanol–water partition coefficient (Wildman–Crippen LogP) is 4.15. The van der Waals surface area contributed by atoms with Crippen molar-refractivity contribution >= 4 is 7.68 Å². The lowest BCUT2D eigenvalue weighted by atomic mass is 10.2. The van der Waals surface area contributed by atoms with E-state index in [2.05, 4.69) is 6.92 Å². The highest BCUT2D eigenvalue weighted by molar-refractivity contribution is 7.54. The Hall–Kier alpha value is 0.120. The zero-order chi connectivity index (χ0) is 10.3. The van der Waals surface area contributed by atoms with E-state index in [0.717, 1.165) is 25.7 Å². The molecule has 0 aromatic rings. The molecule has 0 amide bonds. The number of hydrogen-bond acceptors (Lipinski definition) is 2. The van der Waals surface area contributed by atoms with Crippen LogP contribution in [0.25, 0.3) is 0 Å². The van der Waals surface area contributed by atoms with Gasteiger partial charge in [0.05, 0.1) is 12.3 Å². The third-order valence-electron chi connectivity index (χ3n) is 1.88. The summed E-state index contributed by atoms with van der Waals surface area (Å²) < 4.78 is 28.8. The fraction of sp³-hybridized carbons (Fsp3) is 1.00. The van der Waals surface area contributed by atoms with Crippen molar-refractivity contribution < 1.29 is 13.3 Å². The normalized spacial score (nSPS) is 16.1. The zero-order valence-corrected chi connectivity index (χ0v) is 9.65. The fourth-order valence-electron chi connectivity index (χ4n) is 0.867. The van der Waals surface area contributed by atoms with E-state index in [1.54, 1.807) is 13.8 Å². The van der Waals surface area contributed by atoms with Crippen LogP contribution in [0.1, 0.15) is 46.5 Å². The summed E-state index contributed by atoms with van der Waals surface area (Å²) >= 11 is 0. The molecule has 0 aliphatic heterocycles. The van der Waals surface area contributed by atoms with Gasteiger partial charge in [-0.25, -0.2) is 0 Å². The molecule has 0 aromatic heterocycles. The van der Waals surface area contributed by atoms with E-state index in [1.165, 1.54) is 0 Å². The lowest BCUT2D eigenvalue weighted by molar-refractivity contribution is 0.273. The third-order valence-corrected chi connectivity index (χ3v) is 3.65. The first-order valence-electron chi connectivity index (χ1n) is 4.94. The van der Waals surface area contributed by atoms with Crippen LogP contribution in [0.4, 0.5) is 4.20 Å². The van der Waals surface area contributed by atoms with Gasteiger partial charge in [0.2, 0.25) is 0 Å². The second-order valence-electron chi connectivity index (χ2n) is 3.51. The first-order valence-corrected chi connectivity index (χ1v) is 6.53. The molecule has 0 saturated heterocycles. The van der Waals surface area contributed by atoms with Crippen molar-refractivity contribution in [3.05, 3.63) is 0 Å². The molecule has 0 saturated carbocycles. The van der Waals surface area contributed by atoms with Crippen molar-refractivity contribution in [2.45, 2.75) is 52.1 Å². The van der Waals surface area contributed by atoms with Crippen molar-refractivity contribution in [3.8, 4) is 0 Å². The molecule has 0 spiro atoms. The molecule has 2 nitrogen and oxygen atoms in total. The van der Waals surface area contributed by atoms with Gasteiger partial charge in [0, 0.05) is 0 Å². The number of hydrogen-bond donors (Lipinski definition) is 0. The SMILES string of the molecule is CCCCCCOP(=O)(F)C(C)C. The predicted molar refractivity (Wildman–Crippen MR) is 53.9 cm³/mol. The van der Waals surface area contributed by atoms with E-state index in [9.17, 15) is 8.76 Å². The monoisotopic (exact) mass is 210 g/mol. The van der Waals surface area contributed by atoms with Crippen molar-refractivity contribution in [2.24, 2.45) is 0 Å². The van der Waals surface area contributed by atoms with Crippen LogP contribution in [-0.4, -0.2) is 12.3 Å². The Morgan fingerprint density at radius 1 is 1.31 bits per heavy atom. The minimum absolute atomic E-state index is 0.284. The molecule has 0 N–H and O–H groups in total. The molecule has 0 radical (unpaired) electrons. The molecule has 0 aromatic carbocycles. The molecular weight excluding hydrogens is 190 g/mol. The molecular formula is C9H20FO2P. The smallest absolute Gasteiger partial charge is 0.305 e. The Bertz CT molecular complexity index is 171. The summed E-state index contributed by atoms with van der Waals surface area (Å²) in [5, 5.41) is 0. The molecule has 13 heavy (non-hydrogen) atoms. The molecule has 0 rings (SSSR count). The Kier molecular flexibility index (Phi) is 6.62. The number of rotatable bonds is 7. The van der Waals surface area contributed by atoms with Gasteiger partial charge in [0.15, 0.2) is 0 Å². The van der Waals surface area contributed by atoms with Crippen LogP contribution in [0, 0.1) is 0 Å². The average molecular weight is 210 g/mol. The van der Waals surface area contributed by atoms with Crippen LogP contribution in [0.15, 0.2) is 0 Å². The van der Waals surface area contributed by atoms with Crippen molar-refractivity contribution in [3.63, 3.8) is 0 Å². The van der Waals surface area contributed by atoms with Crippen LogP contribution in [0.2, 0.25) is 0 Å². The Morgan fingerprint density at radius 2 is 1.92 bits per heavy atom. The molecule has 0 aliphatic rings. The first-order chi connectivity index (χ1) is 6.00. The van der Waals surface area contributed by atoms with E-state index in [1.807, 2.05) is 0 Å². The molecule has 80 valence electrons. The highest BCUT2D eigenvalue weighted by atomic mass is 31.2. The van der Waals surface area contributed by atoms with Crippen molar-refractivity contribution in [1.82, 2.24) is 0 Å². The molecule has 0 bridgehead atoms. The van der Waals surface area contributed by atoms with E-state index in [0.29, 0.717) is 0 Å². The molecule has 0 heterocycles. The summed E-state index contributed by atoms with van der Waals surface area (Å²) in [4.78, 5) is 0. The van der Waals surface area contributed by atoms with Crippen molar-refractivity contribution in [1.29, 1.82) is 0 Å². The summed E-state index contributed by atoms with van der Waals surface area (Å²) in [7, 11) is -3.81. The third kappa shape index (κ3) is 6.23. The highest BCUT2D eigenvalue weighted by Gasteiger charge is 2.26. The van der Waals surface area contributed by atoms with Crippen LogP contribution in [0.5, 0.6) is 0 Å². The maximum atomic E-state index is 13.1. The summed E-state index contributed by atoms with van der Waals surface area (Å²) in [5.41, 5.74) is -0.515. The Morgan fingerprint density at radius 3 is 2.38 bits per heavy atom. The van der Waals surface area contributed by atoms with Crippen LogP contribution in [0.3, 0.4) is 0 Å². The topological polar surface area (TPSA) is 26.3 Å². The summed E-state index contributed by atoms with van der Waals surface area (Å²) in [6.45, 7) is 5.54. The largest absolute Gasteiger partial charge is 0.369 e. The average Bonchev–Trinajstić information content (AvgIpc) is 2.03. The summed E-state index contributed by atoms with van der Waals surface area (Å²) in [5.74, 6) is 0. The van der Waals surface area contributed by atoms with Crippen molar-refractivity contribution in [2.75, 3.05) is 6.61 Å². The first kappa shape index (κ1) is 13.1. The minimum Gasteiger partial charge on any atom is -0.305 e. The molecule has 1 atom stereocenters. The van der Waals surface area contributed by atoms with Gasteiger partial charge in [0.25, 0.3) is 0 Å². The quantitative estimate of drug-likeness (QED) is 0.466. The number of halogens is 1. The van der Waals surface area contributed by atoms with Gasteiger partial charge in [0.1, 0.15) is 0 Å². The fourth-order valence-corrected chi connectivity index (χ4v) is 1.54.